The minimum Gasteiger partial charge on any atom is -0.496 e. The number of anilines is 2. The van der Waals surface area contributed by atoms with E-state index in [1.165, 1.54) is 0 Å². The van der Waals surface area contributed by atoms with Crippen LogP contribution in [0.2, 0.25) is 0 Å². The molecule has 0 atom stereocenters. The summed E-state index contributed by atoms with van der Waals surface area (Å²) in [6.45, 7) is 0.596. The zero-order valence-electron chi connectivity index (χ0n) is 11.8. The van der Waals surface area contributed by atoms with Crippen molar-refractivity contribution in [1.82, 2.24) is 19.9 Å². The summed E-state index contributed by atoms with van der Waals surface area (Å²) in [7, 11) is 3.44. The molecule has 3 aromatic rings. The van der Waals surface area contributed by atoms with Crippen LogP contribution < -0.4 is 15.4 Å². The SMILES string of the molecule is CNc1nc(NCc2ccccc2OC)c2[nH]cnc2n1. The predicted molar refractivity (Wildman–Crippen MR) is 81.6 cm³/mol. The average Bonchev–Trinajstić information content (AvgIpc) is 3.01. The first kappa shape index (κ1) is 13.2. The Bertz CT molecular complexity index is 754. The number of ether oxygens (including phenoxy) is 1. The van der Waals surface area contributed by atoms with Gasteiger partial charge >= 0.3 is 0 Å². The van der Waals surface area contributed by atoms with E-state index in [4.69, 9.17) is 4.74 Å². The Hall–Kier alpha value is -2.83. The zero-order chi connectivity index (χ0) is 14.7. The van der Waals surface area contributed by atoms with E-state index in [9.17, 15) is 0 Å². The van der Waals surface area contributed by atoms with Gasteiger partial charge in [-0.05, 0) is 6.07 Å². The first-order valence-corrected chi connectivity index (χ1v) is 6.56. The Kier molecular flexibility index (Phi) is 3.55. The number of fused-ring (bicyclic) bond motifs is 1. The zero-order valence-corrected chi connectivity index (χ0v) is 11.8. The van der Waals surface area contributed by atoms with E-state index in [-0.39, 0.29) is 0 Å². The molecule has 7 nitrogen and oxygen atoms in total. The summed E-state index contributed by atoms with van der Waals surface area (Å²) in [5.41, 5.74) is 2.46. The number of hydrogen-bond donors (Lipinski definition) is 3. The highest BCUT2D eigenvalue weighted by Gasteiger charge is 2.10. The molecule has 0 saturated heterocycles. The molecule has 108 valence electrons. The minimum atomic E-state index is 0.525. The summed E-state index contributed by atoms with van der Waals surface area (Å²) in [5.74, 6) is 2.07. The van der Waals surface area contributed by atoms with E-state index in [1.807, 2.05) is 24.3 Å². The maximum absolute atomic E-state index is 5.35. The van der Waals surface area contributed by atoms with E-state index in [2.05, 4.69) is 30.6 Å². The van der Waals surface area contributed by atoms with E-state index >= 15 is 0 Å². The quantitative estimate of drug-likeness (QED) is 0.664. The van der Waals surface area contributed by atoms with E-state index in [1.54, 1.807) is 20.5 Å². The average molecular weight is 284 g/mol. The second-order valence-electron chi connectivity index (χ2n) is 4.41. The van der Waals surface area contributed by atoms with Gasteiger partial charge in [0.25, 0.3) is 0 Å². The molecule has 3 N–H and O–H groups in total. The maximum atomic E-state index is 5.35. The van der Waals surface area contributed by atoms with Gasteiger partial charge in [-0.3, -0.25) is 0 Å². The molecule has 0 bridgehead atoms. The van der Waals surface area contributed by atoms with Crippen molar-refractivity contribution < 1.29 is 4.74 Å². The Balaban J connectivity index is 1.89. The highest BCUT2D eigenvalue weighted by Crippen LogP contribution is 2.22. The molecule has 0 unspecified atom stereocenters. The number of nitrogens with one attached hydrogen (secondary N) is 3. The summed E-state index contributed by atoms with van der Waals surface area (Å²) >= 11 is 0. The Labute approximate surface area is 121 Å². The number of benzene rings is 1. The number of methoxy groups -OCH3 is 1. The van der Waals surface area contributed by atoms with Crippen LogP contribution in [-0.2, 0) is 6.54 Å². The fourth-order valence-electron chi connectivity index (χ4n) is 2.10. The standard InChI is InChI=1S/C14H16N6O/c1-15-14-19-12(11-13(20-14)18-8-17-11)16-7-9-5-3-4-6-10(9)21-2/h3-6,8H,7H2,1-2H3,(H3,15,16,17,18,19,20). The molecule has 3 rings (SSSR count). The van der Waals surface area contributed by atoms with Gasteiger partial charge < -0.3 is 20.4 Å². The van der Waals surface area contributed by atoms with Gasteiger partial charge in [0, 0.05) is 19.2 Å². The molecule has 0 amide bonds. The van der Waals surface area contributed by atoms with Gasteiger partial charge in [0.2, 0.25) is 5.95 Å². The molecule has 0 aliphatic rings. The van der Waals surface area contributed by atoms with Crippen LogP contribution in [0.5, 0.6) is 5.75 Å². The number of nitrogens with zero attached hydrogens (tertiary/aromatic N) is 3. The van der Waals surface area contributed by atoms with Crippen molar-refractivity contribution >= 4 is 22.9 Å². The predicted octanol–water partition coefficient (Wildman–Crippen LogP) is 2.02. The molecular weight excluding hydrogens is 268 g/mol. The Morgan fingerprint density at radius 1 is 1.24 bits per heavy atom. The lowest BCUT2D eigenvalue weighted by Gasteiger charge is -2.11. The maximum Gasteiger partial charge on any atom is 0.226 e. The molecule has 0 saturated carbocycles. The first-order chi connectivity index (χ1) is 10.3. The summed E-state index contributed by atoms with van der Waals surface area (Å²) in [6, 6.07) is 7.86. The van der Waals surface area contributed by atoms with Crippen molar-refractivity contribution in [2.24, 2.45) is 0 Å². The van der Waals surface area contributed by atoms with Gasteiger partial charge in [0.05, 0.1) is 13.4 Å². The monoisotopic (exact) mass is 284 g/mol. The van der Waals surface area contributed by atoms with Crippen LogP contribution in [0.4, 0.5) is 11.8 Å². The number of para-hydroxylation sites is 1. The van der Waals surface area contributed by atoms with Gasteiger partial charge in [0.1, 0.15) is 11.3 Å². The minimum absolute atomic E-state index is 0.525. The van der Waals surface area contributed by atoms with Crippen molar-refractivity contribution in [2.45, 2.75) is 6.54 Å². The molecule has 0 spiro atoms. The third-order valence-corrected chi connectivity index (χ3v) is 3.15. The molecule has 0 aliphatic heterocycles. The molecular formula is C14H16N6O. The highest BCUT2D eigenvalue weighted by molar-refractivity contribution is 5.83. The van der Waals surface area contributed by atoms with Crippen LogP contribution in [0.1, 0.15) is 5.56 Å². The molecule has 2 heterocycles. The number of H-pyrrole nitrogens is 1. The van der Waals surface area contributed by atoms with Gasteiger partial charge in [-0.25, -0.2) is 4.98 Å². The lowest BCUT2D eigenvalue weighted by Crippen LogP contribution is -2.06. The number of aromatic nitrogens is 4. The van der Waals surface area contributed by atoms with Gasteiger partial charge in [-0.2, -0.15) is 9.97 Å². The number of rotatable bonds is 5. The second kappa shape index (κ2) is 5.66. The third-order valence-electron chi connectivity index (χ3n) is 3.15. The van der Waals surface area contributed by atoms with Gasteiger partial charge in [0.15, 0.2) is 11.5 Å². The van der Waals surface area contributed by atoms with Crippen molar-refractivity contribution in [2.75, 3.05) is 24.8 Å². The largest absolute Gasteiger partial charge is 0.496 e. The molecule has 21 heavy (non-hydrogen) atoms. The van der Waals surface area contributed by atoms with E-state index in [0.29, 0.717) is 24.0 Å². The van der Waals surface area contributed by atoms with Crippen LogP contribution in [0, 0.1) is 0 Å². The molecule has 2 aromatic heterocycles. The third kappa shape index (κ3) is 2.58. The number of imidazole rings is 1. The molecule has 7 heteroatoms. The molecule has 0 radical (unpaired) electrons. The van der Waals surface area contributed by atoms with E-state index in [0.717, 1.165) is 16.8 Å². The van der Waals surface area contributed by atoms with Crippen molar-refractivity contribution in [3.8, 4) is 5.75 Å². The lowest BCUT2D eigenvalue weighted by molar-refractivity contribution is 0.410. The Morgan fingerprint density at radius 2 is 2.10 bits per heavy atom. The molecule has 0 aliphatic carbocycles. The first-order valence-electron chi connectivity index (χ1n) is 6.56. The smallest absolute Gasteiger partial charge is 0.226 e. The van der Waals surface area contributed by atoms with Gasteiger partial charge in [-0.1, -0.05) is 18.2 Å². The summed E-state index contributed by atoms with van der Waals surface area (Å²) in [6.07, 6.45) is 1.60. The number of hydrogen-bond acceptors (Lipinski definition) is 6. The van der Waals surface area contributed by atoms with Crippen molar-refractivity contribution in [3.05, 3.63) is 36.2 Å². The topological polar surface area (TPSA) is 87.8 Å². The summed E-state index contributed by atoms with van der Waals surface area (Å²) in [4.78, 5) is 15.9. The van der Waals surface area contributed by atoms with Crippen LogP contribution in [0.25, 0.3) is 11.2 Å². The number of aromatic amines is 1. The fourth-order valence-corrected chi connectivity index (χ4v) is 2.10. The van der Waals surface area contributed by atoms with Crippen molar-refractivity contribution in [3.63, 3.8) is 0 Å². The fraction of sp³-hybridized carbons (Fsp3) is 0.214. The normalized spacial score (nSPS) is 10.6. The van der Waals surface area contributed by atoms with Crippen LogP contribution in [0.3, 0.4) is 0 Å². The van der Waals surface area contributed by atoms with E-state index < -0.39 is 0 Å². The highest BCUT2D eigenvalue weighted by atomic mass is 16.5. The molecule has 0 fully saturated rings. The lowest BCUT2D eigenvalue weighted by atomic mass is 10.2. The summed E-state index contributed by atoms with van der Waals surface area (Å²) < 4.78 is 5.35. The van der Waals surface area contributed by atoms with Crippen LogP contribution in [-0.4, -0.2) is 34.1 Å². The molecule has 1 aromatic carbocycles. The second-order valence-corrected chi connectivity index (χ2v) is 4.41. The van der Waals surface area contributed by atoms with Crippen LogP contribution >= 0.6 is 0 Å². The Morgan fingerprint density at radius 3 is 2.90 bits per heavy atom. The van der Waals surface area contributed by atoms with Gasteiger partial charge in [-0.15, -0.1) is 0 Å². The summed E-state index contributed by atoms with van der Waals surface area (Å²) in [5, 5.41) is 6.23. The van der Waals surface area contributed by atoms with Crippen LogP contribution in [0.15, 0.2) is 30.6 Å². The van der Waals surface area contributed by atoms with Crippen molar-refractivity contribution in [1.29, 1.82) is 0 Å².